The number of amides is 1. The molecule has 44 heavy (non-hydrogen) atoms. The van der Waals surface area contributed by atoms with E-state index in [-0.39, 0.29) is 5.75 Å². The van der Waals surface area contributed by atoms with E-state index in [2.05, 4.69) is 57.8 Å². The number of anilines is 2. The first-order valence-electron chi connectivity index (χ1n) is 13.5. The zero-order valence-electron chi connectivity index (χ0n) is 27.1. The molecular formula is C32H43Br3N2O7. The topological polar surface area (TPSA) is 129 Å². The highest BCUT2D eigenvalue weighted by Gasteiger charge is 2.19. The van der Waals surface area contributed by atoms with E-state index in [1.165, 1.54) is 13.2 Å². The van der Waals surface area contributed by atoms with Gasteiger partial charge in [0, 0.05) is 30.1 Å². The lowest BCUT2D eigenvalue weighted by atomic mass is 10.1. The first-order chi connectivity index (χ1) is 20.5. The van der Waals surface area contributed by atoms with Crippen LogP contribution in [-0.4, -0.2) is 44.1 Å². The van der Waals surface area contributed by atoms with Crippen LogP contribution in [-0.2, 0) is 9.47 Å². The fourth-order valence-electron chi connectivity index (χ4n) is 3.36. The third-order valence-electron chi connectivity index (χ3n) is 5.62. The Morgan fingerprint density at radius 3 is 1.73 bits per heavy atom. The van der Waals surface area contributed by atoms with Gasteiger partial charge in [0.1, 0.15) is 22.8 Å². The fraction of sp³-hybridized carbons (Fsp3) is 0.375. The first-order valence-corrected chi connectivity index (χ1v) is 15.8. The lowest BCUT2D eigenvalue weighted by Gasteiger charge is -2.21. The van der Waals surface area contributed by atoms with Gasteiger partial charge in [-0.1, -0.05) is 13.8 Å². The molecule has 0 heterocycles. The van der Waals surface area contributed by atoms with Crippen LogP contribution in [0.15, 0.2) is 49.8 Å². The van der Waals surface area contributed by atoms with E-state index in [0.717, 1.165) is 31.5 Å². The number of ether oxygens (including phenoxy) is 4. The Morgan fingerprint density at radius 1 is 0.773 bits per heavy atom. The van der Waals surface area contributed by atoms with Gasteiger partial charge in [-0.2, -0.15) is 0 Å². The van der Waals surface area contributed by atoms with E-state index in [9.17, 15) is 14.7 Å². The number of hydrogen-bond acceptors (Lipinski definition) is 8. The molecule has 0 bridgehead atoms. The van der Waals surface area contributed by atoms with Crippen LogP contribution in [0, 0.1) is 20.8 Å². The molecule has 0 saturated heterocycles. The third-order valence-corrected chi connectivity index (χ3v) is 7.63. The minimum Gasteiger partial charge on any atom is -0.508 e. The van der Waals surface area contributed by atoms with E-state index in [0.29, 0.717) is 27.0 Å². The zero-order chi connectivity index (χ0) is 34.4. The third kappa shape index (κ3) is 12.6. The molecule has 0 spiro atoms. The number of carbonyl (C=O) groups is 2. The number of benzene rings is 3. The summed E-state index contributed by atoms with van der Waals surface area (Å²) in [6.07, 6.45) is -0.487. The maximum absolute atomic E-state index is 11.7. The number of phenolic OH excluding ortho intramolecular Hbond substituents is 1. The maximum atomic E-state index is 11.7. The van der Waals surface area contributed by atoms with Gasteiger partial charge in [-0.3, -0.25) is 5.32 Å². The number of hydrogen-bond donors (Lipinski definition) is 3. The molecule has 3 rings (SSSR count). The van der Waals surface area contributed by atoms with Gasteiger partial charge >= 0.3 is 12.1 Å². The number of halogens is 3. The van der Waals surface area contributed by atoms with Crippen LogP contribution in [0.4, 0.5) is 16.2 Å². The lowest BCUT2D eigenvalue weighted by Crippen LogP contribution is -2.27. The van der Waals surface area contributed by atoms with Crippen molar-refractivity contribution in [2.24, 2.45) is 0 Å². The van der Waals surface area contributed by atoms with Crippen LogP contribution >= 0.6 is 47.8 Å². The maximum Gasteiger partial charge on any atom is 0.412 e. The number of methoxy groups -OCH3 is 3. The highest BCUT2D eigenvalue weighted by Crippen LogP contribution is 2.33. The molecule has 0 aliphatic carbocycles. The number of nitrogen functional groups attached to an aromatic ring is 1. The van der Waals surface area contributed by atoms with Crippen LogP contribution in [0.1, 0.15) is 61.7 Å². The summed E-state index contributed by atoms with van der Waals surface area (Å²) in [5.74, 6) is 1.17. The predicted octanol–water partition coefficient (Wildman–Crippen LogP) is 9.74. The summed E-state index contributed by atoms with van der Waals surface area (Å²) in [6.45, 7) is 14.9. The van der Waals surface area contributed by atoms with E-state index in [1.54, 1.807) is 27.2 Å². The summed E-state index contributed by atoms with van der Waals surface area (Å²) in [7, 11) is 4.53. The van der Waals surface area contributed by atoms with Gasteiger partial charge in [-0.05, 0) is 126 Å². The molecule has 0 aliphatic rings. The minimum atomic E-state index is -0.524. The van der Waals surface area contributed by atoms with E-state index in [1.807, 2.05) is 72.7 Å². The van der Waals surface area contributed by atoms with Crippen molar-refractivity contribution in [3.63, 3.8) is 0 Å². The van der Waals surface area contributed by atoms with Gasteiger partial charge in [0.05, 0.1) is 38.3 Å². The van der Waals surface area contributed by atoms with Crippen LogP contribution in [0.2, 0.25) is 0 Å². The number of rotatable bonds is 4. The average Bonchev–Trinajstić information content (AvgIpc) is 2.97. The molecule has 1 amide bonds. The van der Waals surface area contributed by atoms with Crippen LogP contribution in [0.3, 0.4) is 0 Å². The van der Waals surface area contributed by atoms with Crippen LogP contribution in [0.5, 0.6) is 17.2 Å². The van der Waals surface area contributed by atoms with Gasteiger partial charge < -0.3 is 29.8 Å². The minimum absolute atomic E-state index is 0.0867. The molecule has 3 aromatic carbocycles. The number of carbonyl (C=O) groups excluding carboxylic acids is 2. The van der Waals surface area contributed by atoms with Gasteiger partial charge in [-0.15, -0.1) is 0 Å². The van der Waals surface area contributed by atoms with Gasteiger partial charge in [0.2, 0.25) is 0 Å². The van der Waals surface area contributed by atoms with E-state index in [4.69, 9.17) is 19.9 Å². The molecule has 0 radical (unpaired) electrons. The molecule has 12 heteroatoms. The molecule has 244 valence electrons. The van der Waals surface area contributed by atoms with Gasteiger partial charge in [-0.25, -0.2) is 9.59 Å². The molecule has 0 unspecified atom stereocenters. The summed E-state index contributed by atoms with van der Waals surface area (Å²) in [6, 6.07) is 10.5. The molecule has 9 nitrogen and oxygen atoms in total. The SMILES string of the molecule is CC.COC(=O)c1c(Br)ccc(O)c1C.COc1ccc(Br)c(N)c1C.COc1ccc(Br)c(NC(=O)OC(C)(C)C)c1C. The van der Waals surface area contributed by atoms with Crippen molar-refractivity contribution >= 4 is 71.2 Å². The van der Waals surface area contributed by atoms with Crippen molar-refractivity contribution in [1.82, 2.24) is 0 Å². The Morgan fingerprint density at radius 2 is 1.25 bits per heavy atom. The Balaban J connectivity index is 0.000000632. The zero-order valence-corrected chi connectivity index (χ0v) is 31.8. The molecule has 0 fully saturated rings. The Bertz CT molecular complexity index is 1410. The van der Waals surface area contributed by atoms with E-state index >= 15 is 0 Å². The first kappa shape index (κ1) is 41.0. The van der Waals surface area contributed by atoms with E-state index < -0.39 is 17.7 Å². The highest BCUT2D eigenvalue weighted by molar-refractivity contribution is 9.11. The van der Waals surface area contributed by atoms with Crippen molar-refractivity contribution < 1.29 is 33.6 Å². The van der Waals surface area contributed by atoms with Gasteiger partial charge in [0.25, 0.3) is 0 Å². The second-order valence-electron chi connectivity index (χ2n) is 9.72. The molecule has 0 atom stereocenters. The molecule has 0 aromatic heterocycles. The highest BCUT2D eigenvalue weighted by atomic mass is 79.9. The van der Waals surface area contributed by atoms with Crippen molar-refractivity contribution in [2.45, 2.75) is 61.0 Å². The predicted molar refractivity (Wildman–Crippen MR) is 188 cm³/mol. The molecule has 3 aromatic rings. The molecule has 0 saturated carbocycles. The average molecular weight is 807 g/mol. The van der Waals surface area contributed by atoms with Gasteiger partial charge in [0.15, 0.2) is 0 Å². The number of nitrogens with one attached hydrogen (secondary N) is 1. The molecule has 0 aliphatic heterocycles. The molecule has 4 N–H and O–H groups in total. The standard InChI is InChI=1S/C13H18BrNO3.C9H9BrO3.C8H10BrNO.C2H6/c1-8-10(17-5)7-6-9(14)11(8)15-12(16)18-13(2,3)4;1-5-7(11)4-3-6(10)8(5)9(12)13-2;1-5-7(11-2)4-3-6(9)8(5)10;1-2/h6-7H,1-5H3,(H,15,16);3-4,11H,1-2H3;3-4H,10H2,1-2H3;1-2H3. The Labute approximate surface area is 286 Å². The Hall–Kier alpha value is -2.96. The number of phenols is 1. The summed E-state index contributed by atoms with van der Waals surface area (Å²) >= 11 is 9.93. The number of nitrogens with two attached hydrogens (primary N) is 1. The Kier molecular flexibility index (Phi) is 18.1. The van der Waals surface area contributed by atoms with Crippen molar-refractivity contribution in [3.05, 3.63) is 72.1 Å². The van der Waals surface area contributed by atoms with Crippen LogP contribution in [0.25, 0.3) is 0 Å². The summed E-state index contributed by atoms with van der Waals surface area (Å²) in [4.78, 5) is 23.0. The fourth-order valence-corrected chi connectivity index (χ4v) is 4.91. The smallest absolute Gasteiger partial charge is 0.412 e. The lowest BCUT2D eigenvalue weighted by molar-refractivity contribution is 0.0595. The summed E-state index contributed by atoms with van der Waals surface area (Å²) in [5, 5.41) is 12.1. The summed E-state index contributed by atoms with van der Waals surface area (Å²) in [5.41, 5.74) is 9.30. The number of esters is 1. The monoisotopic (exact) mass is 804 g/mol. The quantitative estimate of drug-likeness (QED) is 0.176. The second kappa shape index (κ2) is 19.4. The largest absolute Gasteiger partial charge is 0.508 e. The van der Waals surface area contributed by atoms with Crippen LogP contribution < -0.4 is 20.5 Å². The second-order valence-corrected chi connectivity index (χ2v) is 12.3. The summed E-state index contributed by atoms with van der Waals surface area (Å²) < 4.78 is 22.4. The molecular weight excluding hydrogens is 764 g/mol. The van der Waals surface area contributed by atoms with Crippen molar-refractivity contribution in [1.29, 1.82) is 0 Å². The van der Waals surface area contributed by atoms with Crippen molar-refractivity contribution in [2.75, 3.05) is 32.4 Å². The van der Waals surface area contributed by atoms with Crippen molar-refractivity contribution in [3.8, 4) is 17.2 Å². The normalized spacial score (nSPS) is 9.95. The number of aromatic hydroxyl groups is 1.